The fraction of sp³-hybridized carbons (Fsp3) is 0.400. The highest BCUT2D eigenvalue weighted by molar-refractivity contribution is 5.93. The van der Waals surface area contributed by atoms with Crippen LogP contribution in [0.3, 0.4) is 0 Å². The molecule has 1 unspecified atom stereocenters. The van der Waals surface area contributed by atoms with Gasteiger partial charge in [0.05, 0.1) is 36.9 Å². The fourth-order valence-electron chi connectivity index (χ4n) is 2.86. The van der Waals surface area contributed by atoms with Crippen LogP contribution in [-0.2, 0) is 9.59 Å². The number of likely N-dealkylation sites (N-methyl/N-ethyl adjacent to an activating group) is 1. The van der Waals surface area contributed by atoms with Crippen LogP contribution in [0.2, 0.25) is 0 Å². The second kappa shape index (κ2) is 10.1. The van der Waals surface area contributed by atoms with Crippen LogP contribution >= 0.6 is 0 Å². The highest BCUT2D eigenvalue weighted by Crippen LogP contribution is 2.30. The van der Waals surface area contributed by atoms with Crippen LogP contribution in [0.1, 0.15) is 18.5 Å². The summed E-state index contributed by atoms with van der Waals surface area (Å²) in [5.41, 5.74) is 0.897. The topological polar surface area (TPSA) is 144 Å². The number of aliphatic hydroxyl groups excluding tert-OH is 1. The number of rotatable bonds is 9. The van der Waals surface area contributed by atoms with Crippen molar-refractivity contribution in [2.45, 2.75) is 25.3 Å². The number of halogens is 2. The van der Waals surface area contributed by atoms with Gasteiger partial charge in [-0.2, -0.15) is 5.26 Å². The molecule has 0 radical (unpaired) electrons. The van der Waals surface area contributed by atoms with E-state index in [1.807, 2.05) is 6.07 Å². The molecule has 3 rings (SSSR count). The summed E-state index contributed by atoms with van der Waals surface area (Å²) in [5.74, 6) is -0.541. The Bertz CT molecular complexity index is 1020. The van der Waals surface area contributed by atoms with E-state index < -0.39 is 31.5 Å². The highest BCUT2D eigenvalue weighted by Gasteiger charge is 2.30. The molecule has 1 atom stereocenters. The first-order chi connectivity index (χ1) is 15.3. The molecule has 1 saturated carbocycles. The van der Waals surface area contributed by atoms with E-state index in [4.69, 9.17) is 0 Å². The highest BCUT2D eigenvalue weighted by atomic mass is 19.3. The molecule has 0 saturated heterocycles. The lowest BCUT2D eigenvalue weighted by Crippen LogP contribution is -2.44. The van der Waals surface area contributed by atoms with Crippen molar-refractivity contribution < 1.29 is 23.5 Å². The van der Waals surface area contributed by atoms with Crippen LogP contribution in [0.5, 0.6) is 0 Å². The van der Waals surface area contributed by atoms with E-state index in [0.29, 0.717) is 17.1 Å². The number of hydrogen-bond acceptors (Lipinski definition) is 8. The van der Waals surface area contributed by atoms with Crippen LogP contribution in [0.25, 0.3) is 11.3 Å². The van der Waals surface area contributed by atoms with E-state index >= 15 is 0 Å². The monoisotopic (exact) mass is 445 g/mol. The number of amides is 2. The van der Waals surface area contributed by atoms with Gasteiger partial charge in [0, 0.05) is 24.7 Å². The first-order valence-corrected chi connectivity index (χ1v) is 9.76. The molecular weight excluding hydrogens is 424 g/mol. The first kappa shape index (κ1) is 23.0. The van der Waals surface area contributed by atoms with Crippen LogP contribution in [0.4, 0.5) is 20.3 Å². The molecule has 168 valence electrons. The van der Waals surface area contributed by atoms with Crippen molar-refractivity contribution >= 4 is 23.3 Å². The Morgan fingerprint density at radius 1 is 1.28 bits per heavy atom. The summed E-state index contributed by atoms with van der Waals surface area (Å²) >= 11 is 0. The number of hydrogen-bond donors (Lipinski definition) is 3. The van der Waals surface area contributed by atoms with Crippen LogP contribution in [0.15, 0.2) is 24.7 Å². The van der Waals surface area contributed by atoms with E-state index in [1.165, 1.54) is 31.7 Å². The number of aromatic nitrogens is 3. The Hall–Kier alpha value is -3.72. The number of nitrogens with one attached hydrogen (secondary N) is 2. The number of carbonyl (C=O) groups excluding carboxylic acids is 2. The predicted octanol–water partition coefficient (Wildman–Crippen LogP) is 1.26. The molecule has 0 spiro atoms. The Balaban J connectivity index is 1.78. The standard InChI is InChI=1S/C20H21F2N7O3/c1-29(9-17(21)22)20(32)16(10-30)27-13-4-12(6-24-14(13)5-23)15-7-26-18(8-25-15)28-19(31)11-2-3-11/h4,6-8,11,16-17,27,30H,2-3,9-10H2,1H3,(H,26,28,31). The molecular formula is C20H21F2N7O3. The second-order valence-corrected chi connectivity index (χ2v) is 7.27. The minimum absolute atomic E-state index is 0.0229. The SMILES string of the molecule is CN(CC(F)F)C(=O)C(CO)Nc1cc(-c2cnc(NC(=O)C3CC3)cn2)cnc1C#N. The van der Waals surface area contributed by atoms with Gasteiger partial charge >= 0.3 is 0 Å². The van der Waals surface area contributed by atoms with Gasteiger partial charge in [0.1, 0.15) is 12.1 Å². The molecule has 2 amide bonds. The number of pyridine rings is 1. The largest absolute Gasteiger partial charge is 0.394 e. The molecule has 1 fully saturated rings. The molecule has 0 aliphatic heterocycles. The van der Waals surface area contributed by atoms with Gasteiger partial charge < -0.3 is 20.6 Å². The van der Waals surface area contributed by atoms with Crippen molar-refractivity contribution in [3.63, 3.8) is 0 Å². The van der Waals surface area contributed by atoms with E-state index in [0.717, 1.165) is 17.7 Å². The Morgan fingerprint density at radius 2 is 2.03 bits per heavy atom. The maximum Gasteiger partial charge on any atom is 0.255 e. The smallest absolute Gasteiger partial charge is 0.255 e. The van der Waals surface area contributed by atoms with Gasteiger partial charge in [-0.15, -0.1) is 0 Å². The average Bonchev–Trinajstić information content (AvgIpc) is 3.62. The Kier molecular flexibility index (Phi) is 7.21. The number of nitriles is 1. The zero-order valence-corrected chi connectivity index (χ0v) is 17.1. The van der Waals surface area contributed by atoms with Gasteiger partial charge in [-0.25, -0.2) is 18.7 Å². The van der Waals surface area contributed by atoms with E-state index in [1.54, 1.807) is 0 Å². The zero-order chi connectivity index (χ0) is 23.3. The third kappa shape index (κ3) is 5.70. The predicted molar refractivity (Wildman–Crippen MR) is 109 cm³/mol. The van der Waals surface area contributed by atoms with Gasteiger partial charge in [0.2, 0.25) is 11.8 Å². The third-order valence-corrected chi connectivity index (χ3v) is 4.74. The third-order valence-electron chi connectivity index (χ3n) is 4.74. The summed E-state index contributed by atoms with van der Waals surface area (Å²) in [7, 11) is 1.19. The summed E-state index contributed by atoms with van der Waals surface area (Å²) in [4.78, 5) is 37.4. The van der Waals surface area contributed by atoms with Crippen molar-refractivity contribution in [1.82, 2.24) is 19.9 Å². The molecule has 2 aromatic heterocycles. The second-order valence-electron chi connectivity index (χ2n) is 7.27. The molecule has 10 nitrogen and oxygen atoms in total. The number of nitrogens with zero attached hydrogens (tertiary/aromatic N) is 5. The average molecular weight is 445 g/mol. The lowest BCUT2D eigenvalue weighted by atomic mass is 10.1. The van der Waals surface area contributed by atoms with Gasteiger partial charge in [0.25, 0.3) is 6.43 Å². The summed E-state index contributed by atoms with van der Waals surface area (Å²) in [5, 5.41) is 24.3. The number of aliphatic hydroxyl groups is 1. The number of anilines is 2. The molecule has 12 heteroatoms. The number of alkyl halides is 2. The minimum atomic E-state index is -2.72. The lowest BCUT2D eigenvalue weighted by molar-refractivity contribution is -0.133. The molecule has 2 aromatic rings. The maximum absolute atomic E-state index is 12.6. The first-order valence-electron chi connectivity index (χ1n) is 9.76. The van der Waals surface area contributed by atoms with Crippen LogP contribution in [0, 0.1) is 17.2 Å². The van der Waals surface area contributed by atoms with Crippen LogP contribution < -0.4 is 10.6 Å². The summed E-state index contributed by atoms with van der Waals surface area (Å²) in [6, 6.07) is 2.10. The van der Waals surface area contributed by atoms with E-state index in [9.17, 15) is 28.7 Å². The molecule has 3 N–H and O–H groups in total. The van der Waals surface area contributed by atoms with Gasteiger partial charge in [-0.3, -0.25) is 14.6 Å². The van der Waals surface area contributed by atoms with Crippen molar-refractivity contribution in [2.24, 2.45) is 5.92 Å². The molecule has 32 heavy (non-hydrogen) atoms. The summed E-state index contributed by atoms with van der Waals surface area (Å²) in [6.07, 6.45) is 3.19. The Labute approximate surface area is 182 Å². The van der Waals surface area contributed by atoms with E-state index in [-0.39, 0.29) is 23.2 Å². The number of carbonyl (C=O) groups is 2. The lowest BCUT2D eigenvalue weighted by Gasteiger charge is -2.24. The van der Waals surface area contributed by atoms with Crippen molar-refractivity contribution in [1.29, 1.82) is 5.26 Å². The molecule has 2 heterocycles. The van der Waals surface area contributed by atoms with Crippen molar-refractivity contribution in [3.05, 3.63) is 30.4 Å². The molecule has 0 aromatic carbocycles. The van der Waals surface area contributed by atoms with Gasteiger partial charge in [0.15, 0.2) is 11.5 Å². The molecule has 1 aliphatic carbocycles. The van der Waals surface area contributed by atoms with Crippen LogP contribution in [-0.4, -0.2) is 69.4 Å². The van der Waals surface area contributed by atoms with Crippen molar-refractivity contribution in [2.75, 3.05) is 30.8 Å². The van der Waals surface area contributed by atoms with Gasteiger partial charge in [-0.05, 0) is 18.9 Å². The zero-order valence-electron chi connectivity index (χ0n) is 17.1. The van der Waals surface area contributed by atoms with Crippen molar-refractivity contribution in [3.8, 4) is 17.3 Å². The summed E-state index contributed by atoms with van der Waals surface area (Å²) < 4.78 is 25.1. The summed E-state index contributed by atoms with van der Waals surface area (Å²) in [6.45, 7) is -1.48. The Morgan fingerprint density at radius 3 is 2.59 bits per heavy atom. The van der Waals surface area contributed by atoms with E-state index in [2.05, 4.69) is 25.6 Å². The quantitative estimate of drug-likeness (QED) is 0.523. The fourth-order valence-corrected chi connectivity index (χ4v) is 2.86. The maximum atomic E-state index is 12.6. The molecule has 1 aliphatic rings. The van der Waals surface area contributed by atoms with Gasteiger partial charge in [-0.1, -0.05) is 0 Å². The molecule has 0 bridgehead atoms. The minimum Gasteiger partial charge on any atom is -0.394 e. The normalized spacial score (nSPS) is 13.9.